The van der Waals surface area contributed by atoms with Crippen LogP contribution in [0.5, 0.6) is 0 Å². The van der Waals surface area contributed by atoms with Gasteiger partial charge in [0, 0.05) is 11.8 Å². The zero-order valence-electron chi connectivity index (χ0n) is 16.3. The third-order valence-corrected chi connectivity index (χ3v) is 4.22. The lowest BCUT2D eigenvalue weighted by molar-refractivity contribution is -0.115. The minimum absolute atomic E-state index is 0.111. The van der Waals surface area contributed by atoms with E-state index in [1.54, 1.807) is 29.2 Å². The number of aromatic nitrogens is 2. The number of carbonyl (C=O) groups is 2. The van der Waals surface area contributed by atoms with Crippen LogP contribution in [0, 0.1) is 0 Å². The number of amides is 2. The molecule has 144 valence electrons. The van der Waals surface area contributed by atoms with E-state index in [2.05, 4.69) is 15.7 Å². The molecule has 0 bridgehead atoms. The van der Waals surface area contributed by atoms with E-state index in [1.807, 2.05) is 63.2 Å². The summed E-state index contributed by atoms with van der Waals surface area (Å²) in [6, 6.07) is 17.2. The average Bonchev–Trinajstić information content (AvgIpc) is 3.16. The van der Waals surface area contributed by atoms with Crippen molar-refractivity contribution in [2.45, 2.75) is 26.3 Å². The molecule has 2 N–H and O–H groups in total. The summed E-state index contributed by atoms with van der Waals surface area (Å²) in [6.45, 7) is 5.96. The molecule has 0 fully saturated rings. The molecular formula is C22H24N4O2. The quantitative estimate of drug-likeness (QED) is 0.713. The van der Waals surface area contributed by atoms with E-state index in [9.17, 15) is 9.59 Å². The molecule has 0 spiro atoms. The van der Waals surface area contributed by atoms with Crippen molar-refractivity contribution in [2.24, 2.45) is 0 Å². The Balaban J connectivity index is 1.53. The molecule has 6 heteroatoms. The van der Waals surface area contributed by atoms with Gasteiger partial charge in [-0.1, -0.05) is 42.5 Å². The molecule has 0 aliphatic carbocycles. The summed E-state index contributed by atoms with van der Waals surface area (Å²) in [5.41, 5.74) is 3.06. The van der Waals surface area contributed by atoms with Crippen molar-refractivity contribution in [3.05, 3.63) is 72.6 Å². The van der Waals surface area contributed by atoms with Crippen LogP contribution < -0.4 is 10.6 Å². The van der Waals surface area contributed by atoms with Crippen molar-refractivity contribution in [1.29, 1.82) is 0 Å². The number of anilines is 1. The van der Waals surface area contributed by atoms with Gasteiger partial charge < -0.3 is 10.6 Å². The van der Waals surface area contributed by atoms with Crippen molar-refractivity contribution in [3.8, 4) is 11.1 Å². The lowest BCUT2D eigenvalue weighted by atomic mass is 10.0. The molecule has 1 aromatic heterocycles. The first kappa shape index (κ1) is 19.4. The van der Waals surface area contributed by atoms with Crippen molar-refractivity contribution < 1.29 is 9.59 Å². The zero-order chi connectivity index (χ0) is 20.1. The molecule has 0 saturated carbocycles. The molecule has 2 amide bonds. The Labute approximate surface area is 164 Å². The van der Waals surface area contributed by atoms with Crippen molar-refractivity contribution in [2.75, 3.05) is 11.9 Å². The van der Waals surface area contributed by atoms with Gasteiger partial charge in [-0.2, -0.15) is 5.10 Å². The average molecular weight is 376 g/mol. The second-order valence-corrected chi connectivity index (χ2v) is 7.52. The molecular weight excluding hydrogens is 352 g/mol. The van der Waals surface area contributed by atoms with Gasteiger partial charge >= 0.3 is 0 Å². The summed E-state index contributed by atoms with van der Waals surface area (Å²) < 4.78 is 1.77. The second kappa shape index (κ2) is 8.08. The van der Waals surface area contributed by atoms with Crippen LogP contribution in [0.25, 0.3) is 11.1 Å². The van der Waals surface area contributed by atoms with E-state index >= 15 is 0 Å². The number of nitrogens with one attached hydrogen (secondary N) is 2. The zero-order valence-corrected chi connectivity index (χ0v) is 16.3. The molecule has 3 aromatic rings. The molecule has 28 heavy (non-hydrogen) atoms. The normalized spacial score (nSPS) is 11.1. The molecule has 0 radical (unpaired) electrons. The van der Waals surface area contributed by atoms with Gasteiger partial charge in [0.2, 0.25) is 5.91 Å². The van der Waals surface area contributed by atoms with E-state index < -0.39 is 0 Å². The maximum absolute atomic E-state index is 12.3. The van der Waals surface area contributed by atoms with Crippen LogP contribution in [0.3, 0.4) is 0 Å². The predicted molar refractivity (Wildman–Crippen MR) is 110 cm³/mol. The van der Waals surface area contributed by atoms with Crippen molar-refractivity contribution >= 4 is 17.5 Å². The fourth-order valence-corrected chi connectivity index (χ4v) is 2.67. The van der Waals surface area contributed by atoms with Crippen LogP contribution in [-0.4, -0.2) is 28.1 Å². The molecule has 0 atom stereocenters. The van der Waals surface area contributed by atoms with Gasteiger partial charge in [0.05, 0.1) is 24.0 Å². The van der Waals surface area contributed by atoms with Gasteiger partial charge in [0.25, 0.3) is 5.91 Å². The molecule has 1 heterocycles. The van der Waals surface area contributed by atoms with Crippen LogP contribution in [-0.2, 0) is 10.3 Å². The van der Waals surface area contributed by atoms with Gasteiger partial charge in [-0.05, 0) is 44.0 Å². The molecule has 0 aliphatic rings. The van der Waals surface area contributed by atoms with Crippen LogP contribution in [0.2, 0.25) is 0 Å². The Kier molecular flexibility index (Phi) is 5.59. The Bertz CT molecular complexity index is 954. The fraction of sp³-hybridized carbons (Fsp3) is 0.227. The van der Waals surface area contributed by atoms with E-state index in [0.29, 0.717) is 11.3 Å². The summed E-state index contributed by atoms with van der Waals surface area (Å²) in [5.74, 6) is -0.595. The highest BCUT2D eigenvalue weighted by Crippen LogP contribution is 2.19. The first-order valence-electron chi connectivity index (χ1n) is 9.11. The first-order valence-corrected chi connectivity index (χ1v) is 9.11. The molecule has 0 unspecified atom stereocenters. The monoisotopic (exact) mass is 376 g/mol. The summed E-state index contributed by atoms with van der Waals surface area (Å²) in [7, 11) is 0. The smallest absolute Gasteiger partial charge is 0.251 e. The standard InChI is InChI=1S/C22H24N4O2/c1-22(2,3)26-15-19(13-24-26)25-20(27)14-23-21(28)18-11-9-17(10-12-18)16-7-5-4-6-8-16/h4-13,15H,14H2,1-3H3,(H,23,28)(H,25,27). The summed E-state index contributed by atoms with van der Waals surface area (Å²) >= 11 is 0. The Hall–Kier alpha value is -3.41. The van der Waals surface area contributed by atoms with Gasteiger partial charge in [-0.25, -0.2) is 0 Å². The van der Waals surface area contributed by atoms with Crippen molar-refractivity contribution in [3.63, 3.8) is 0 Å². The van der Waals surface area contributed by atoms with Crippen LogP contribution >= 0.6 is 0 Å². The highest BCUT2D eigenvalue weighted by molar-refractivity contribution is 5.99. The second-order valence-electron chi connectivity index (χ2n) is 7.52. The van der Waals surface area contributed by atoms with E-state index in [1.165, 1.54) is 0 Å². The highest BCUT2D eigenvalue weighted by Gasteiger charge is 2.15. The number of hydrogen-bond donors (Lipinski definition) is 2. The number of rotatable bonds is 5. The SMILES string of the molecule is CC(C)(C)n1cc(NC(=O)CNC(=O)c2ccc(-c3ccccc3)cc2)cn1. The summed E-state index contributed by atoms with van der Waals surface area (Å²) in [6.07, 6.45) is 3.36. The van der Waals surface area contributed by atoms with Gasteiger partial charge in [0.1, 0.15) is 0 Å². The Morgan fingerprint density at radius 2 is 1.61 bits per heavy atom. The first-order chi connectivity index (χ1) is 13.3. The van der Waals surface area contributed by atoms with Crippen molar-refractivity contribution in [1.82, 2.24) is 15.1 Å². The fourth-order valence-electron chi connectivity index (χ4n) is 2.67. The maximum atomic E-state index is 12.3. The van der Waals surface area contributed by atoms with E-state index in [-0.39, 0.29) is 23.9 Å². The summed E-state index contributed by atoms with van der Waals surface area (Å²) in [5, 5.41) is 9.60. The number of carbonyl (C=O) groups excluding carboxylic acids is 2. The minimum Gasteiger partial charge on any atom is -0.343 e. The maximum Gasteiger partial charge on any atom is 0.251 e. The minimum atomic E-state index is -0.303. The molecule has 2 aromatic carbocycles. The third-order valence-electron chi connectivity index (χ3n) is 4.22. The molecule has 0 saturated heterocycles. The number of benzene rings is 2. The number of hydrogen-bond acceptors (Lipinski definition) is 3. The van der Waals surface area contributed by atoms with E-state index in [4.69, 9.17) is 0 Å². The van der Waals surface area contributed by atoms with Crippen LogP contribution in [0.15, 0.2) is 67.0 Å². The molecule has 0 aliphatic heterocycles. The summed E-state index contributed by atoms with van der Waals surface area (Å²) in [4.78, 5) is 24.4. The van der Waals surface area contributed by atoms with Gasteiger partial charge in [-0.15, -0.1) is 0 Å². The van der Waals surface area contributed by atoms with Gasteiger partial charge in [-0.3, -0.25) is 14.3 Å². The molecule has 6 nitrogen and oxygen atoms in total. The van der Waals surface area contributed by atoms with E-state index in [0.717, 1.165) is 11.1 Å². The lowest BCUT2D eigenvalue weighted by Crippen LogP contribution is -2.32. The largest absolute Gasteiger partial charge is 0.343 e. The van der Waals surface area contributed by atoms with Gasteiger partial charge in [0.15, 0.2) is 0 Å². The number of nitrogens with zero attached hydrogens (tertiary/aromatic N) is 2. The predicted octanol–water partition coefficient (Wildman–Crippen LogP) is 3.67. The lowest BCUT2D eigenvalue weighted by Gasteiger charge is -2.18. The third kappa shape index (κ3) is 4.85. The Morgan fingerprint density at radius 1 is 0.964 bits per heavy atom. The topological polar surface area (TPSA) is 76.0 Å². The van der Waals surface area contributed by atoms with Crippen LogP contribution in [0.4, 0.5) is 5.69 Å². The Morgan fingerprint density at radius 3 is 2.21 bits per heavy atom. The van der Waals surface area contributed by atoms with Crippen LogP contribution in [0.1, 0.15) is 31.1 Å². The molecule has 3 rings (SSSR count). The highest BCUT2D eigenvalue weighted by atomic mass is 16.2.